The number of likely N-dealkylation sites (N-methyl/N-ethyl adjacent to an activating group) is 1. The van der Waals surface area contributed by atoms with Crippen LogP contribution in [-0.2, 0) is 39.8 Å². The molecule has 4 aliphatic heterocycles. The highest BCUT2D eigenvalue weighted by molar-refractivity contribution is 7.86. The molecular weight excluding hydrogens is 598 g/mol. The third-order valence-corrected chi connectivity index (χ3v) is 11.3. The van der Waals surface area contributed by atoms with Gasteiger partial charge in [-0.25, -0.2) is 4.18 Å². The average molecular weight is 642 g/mol. The zero-order chi connectivity index (χ0) is 32.2. The predicted octanol–water partition coefficient (Wildman–Crippen LogP) is 2.11. The minimum Gasteiger partial charge on any atom is -0.361 e. The van der Waals surface area contributed by atoms with Crippen molar-refractivity contribution in [3.05, 3.63) is 35.5 Å². The van der Waals surface area contributed by atoms with Gasteiger partial charge in [0.2, 0.25) is 17.5 Å². The molecule has 0 spiro atoms. The van der Waals surface area contributed by atoms with Crippen molar-refractivity contribution in [1.82, 2.24) is 25.0 Å². The number of amides is 3. The maximum absolute atomic E-state index is 14.7. The van der Waals surface area contributed by atoms with E-state index in [1.165, 1.54) is 21.4 Å². The molecule has 4 fully saturated rings. The van der Waals surface area contributed by atoms with Crippen LogP contribution in [0.15, 0.2) is 24.4 Å². The molecule has 45 heavy (non-hydrogen) atoms. The molecular formula is C32H43N5O7S. The van der Waals surface area contributed by atoms with Crippen molar-refractivity contribution in [3.8, 4) is 0 Å². The number of hydrogen-bond acceptors (Lipinski definition) is 8. The number of ether oxygens (including phenoxy) is 1. The highest BCUT2D eigenvalue weighted by Gasteiger charge is 2.74. The molecule has 0 radical (unpaired) electrons. The van der Waals surface area contributed by atoms with Crippen LogP contribution < -0.4 is 5.32 Å². The molecule has 4 saturated heterocycles. The fourth-order valence-corrected chi connectivity index (χ4v) is 9.46. The Labute approximate surface area is 263 Å². The van der Waals surface area contributed by atoms with E-state index in [9.17, 15) is 22.8 Å². The Morgan fingerprint density at radius 2 is 1.96 bits per heavy atom. The van der Waals surface area contributed by atoms with Gasteiger partial charge in [-0.15, -0.1) is 0 Å². The number of nitrogens with zero attached hydrogens (tertiary/aromatic N) is 3. The molecule has 1 aromatic carbocycles. The van der Waals surface area contributed by atoms with Crippen molar-refractivity contribution < 1.29 is 31.7 Å². The van der Waals surface area contributed by atoms with Crippen LogP contribution in [-0.4, -0.2) is 102 Å². The summed E-state index contributed by atoms with van der Waals surface area (Å²) >= 11 is 0. The van der Waals surface area contributed by atoms with E-state index in [2.05, 4.69) is 33.5 Å². The number of H-pyrrole nitrogens is 1. The monoisotopic (exact) mass is 641 g/mol. The lowest BCUT2D eigenvalue weighted by Gasteiger charge is -2.51. The number of aromatic amines is 1. The third kappa shape index (κ3) is 4.40. The Bertz CT molecular complexity index is 1690. The Morgan fingerprint density at radius 3 is 2.64 bits per heavy atom. The van der Waals surface area contributed by atoms with Gasteiger partial charge in [0.1, 0.15) is 12.1 Å². The lowest BCUT2D eigenvalue weighted by molar-refractivity contribution is -0.306. The predicted molar refractivity (Wildman–Crippen MR) is 165 cm³/mol. The maximum atomic E-state index is 14.7. The highest BCUT2D eigenvalue weighted by atomic mass is 32.2. The fourth-order valence-electron chi connectivity index (χ4n) is 8.80. The fraction of sp³-hybridized carbons (Fsp3) is 0.656. The van der Waals surface area contributed by atoms with Crippen molar-refractivity contribution in [1.29, 1.82) is 0 Å². The Kier molecular flexibility index (Phi) is 6.98. The van der Waals surface area contributed by atoms with Crippen LogP contribution in [0.1, 0.15) is 64.0 Å². The van der Waals surface area contributed by atoms with Gasteiger partial charge >= 0.3 is 0 Å². The molecule has 13 heteroatoms. The number of hydrogen-bond donors (Lipinski definition) is 2. The van der Waals surface area contributed by atoms with E-state index in [1.807, 2.05) is 13.1 Å². The van der Waals surface area contributed by atoms with Crippen molar-refractivity contribution in [2.24, 2.45) is 17.8 Å². The summed E-state index contributed by atoms with van der Waals surface area (Å²) in [6.45, 7) is 8.01. The maximum Gasteiger partial charge on any atom is 0.294 e. The van der Waals surface area contributed by atoms with Gasteiger partial charge in [0, 0.05) is 48.1 Å². The van der Waals surface area contributed by atoms with Crippen LogP contribution in [0.5, 0.6) is 0 Å². The molecule has 2 N–H and O–H groups in total. The SMILES string of the molecule is CC(C)[C@H]1C(=O)N2CCC[C@H]2[C@]2(OS(C)(=O)=O)O[C@](NC(=O)[C@@H]3CC4c5cccc6[nH]cc(c56)C[C@H]4N(C)C3)(C(C)C)C(=O)N12. The van der Waals surface area contributed by atoms with Crippen molar-refractivity contribution in [2.75, 3.05) is 26.4 Å². The van der Waals surface area contributed by atoms with Crippen LogP contribution in [0.3, 0.4) is 0 Å². The quantitative estimate of drug-likeness (QED) is 0.457. The van der Waals surface area contributed by atoms with E-state index in [0.717, 1.165) is 18.2 Å². The molecule has 7 rings (SSSR count). The zero-order valence-corrected chi connectivity index (χ0v) is 27.5. The van der Waals surface area contributed by atoms with Gasteiger partial charge in [-0.1, -0.05) is 39.8 Å². The number of piperidine rings is 1. The molecule has 2 aromatic rings. The zero-order valence-electron chi connectivity index (χ0n) is 26.7. The van der Waals surface area contributed by atoms with Crippen molar-refractivity contribution in [2.45, 2.75) is 89.1 Å². The van der Waals surface area contributed by atoms with Crippen molar-refractivity contribution in [3.63, 3.8) is 0 Å². The van der Waals surface area contributed by atoms with Crippen LogP contribution in [0.4, 0.5) is 0 Å². The number of carbonyl (C=O) groups is 3. The molecule has 1 aliphatic carbocycles. The Balaban J connectivity index is 1.26. The first-order valence-corrected chi connectivity index (χ1v) is 17.9. The van der Waals surface area contributed by atoms with E-state index >= 15 is 0 Å². The first kappa shape index (κ1) is 30.6. The summed E-state index contributed by atoms with van der Waals surface area (Å²) in [5.41, 5.74) is 1.64. The number of carbonyl (C=O) groups excluding carboxylic acids is 3. The lowest BCUT2D eigenvalue weighted by Crippen LogP contribution is -2.73. The molecule has 7 atom stereocenters. The number of piperazine rings is 1. The summed E-state index contributed by atoms with van der Waals surface area (Å²) in [4.78, 5) is 51.2. The molecule has 1 unspecified atom stereocenters. The molecule has 0 saturated carbocycles. The third-order valence-electron chi connectivity index (χ3n) is 10.8. The first-order valence-electron chi connectivity index (χ1n) is 16.0. The van der Waals surface area contributed by atoms with E-state index in [1.54, 1.807) is 32.6 Å². The van der Waals surface area contributed by atoms with E-state index in [0.29, 0.717) is 32.4 Å². The second-order valence-corrected chi connectivity index (χ2v) is 15.9. The summed E-state index contributed by atoms with van der Waals surface area (Å²) in [5, 5.41) is 4.22. The smallest absolute Gasteiger partial charge is 0.294 e. The van der Waals surface area contributed by atoms with Gasteiger partial charge in [-0.3, -0.25) is 24.0 Å². The summed E-state index contributed by atoms with van der Waals surface area (Å²) < 4.78 is 38.1. The van der Waals surface area contributed by atoms with Gasteiger partial charge in [0.05, 0.1) is 12.2 Å². The van der Waals surface area contributed by atoms with E-state index in [4.69, 9.17) is 8.92 Å². The molecule has 12 nitrogen and oxygen atoms in total. The minimum atomic E-state index is -4.18. The highest BCUT2D eigenvalue weighted by Crippen LogP contribution is 2.51. The summed E-state index contributed by atoms with van der Waals surface area (Å²) in [5.74, 6) is -4.70. The van der Waals surface area contributed by atoms with E-state index in [-0.39, 0.29) is 29.7 Å². The van der Waals surface area contributed by atoms with Crippen LogP contribution in [0.25, 0.3) is 10.9 Å². The molecule has 3 amide bonds. The number of rotatable bonds is 6. The number of benzene rings is 1. The number of fused-ring (bicyclic) bond motifs is 5. The van der Waals surface area contributed by atoms with Crippen LogP contribution in [0.2, 0.25) is 0 Å². The van der Waals surface area contributed by atoms with E-state index < -0.39 is 51.6 Å². The summed E-state index contributed by atoms with van der Waals surface area (Å²) in [6, 6.07) is 4.63. The second-order valence-electron chi connectivity index (χ2n) is 14.3. The van der Waals surface area contributed by atoms with Gasteiger partial charge in [0.15, 0.2) is 0 Å². The largest absolute Gasteiger partial charge is 0.361 e. The lowest BCUT2D eigenvalue weighted by atomic mass is 9.72. The first-order chi connectivity index (χ1) is 21.2. The van der Waals surface area contributed by atoms with Crippen LogP contribution in [0, 0.1) is 17.8 Å². The Morgan fingerprint density at radius 1 is 1.20 bits per heavy atom. The molecule has 5 heterocycles. The van der Waals surface area contributed by atoms with Crippen molar-refractivity contribution >= 4 is 38.7 Å². The summed E-state index contributed by atoms with van der Waals surface area (Å²) in [6.07, 6.45) is 5.46. The summed E-state index contributed by atoms with van der Waals surface area (Å²) in [7, 11) is -2.14. The second kappa shape index (κ2) is 10.2. The van der Waals surface area contributed by atoms with Gasteiger partial charge < -0.3 is 20.1 Å². The molecule has 5 aliphatic rings. The standard InChI is InChI=1S/C32H43N5O7S/c1-17(2)27-29(39)36-12-8-11-25(36)32(44-45(6,41)42)37(27)30(40)31(43-32,18(3)4)34-28(38)20-13-22-21-9-7-10-23-26(21)19(15-33-23)14-24(22)35(5)16-20/h7,9-10,15,17-18,20,22,24-25,27,33H,8,11-14,16H2,1-6H3,(H,34,38)/t20-,22?,24-,25+,27+,31-,32-/m1/s1. The minimum absolute atomic E-state index is 0.114. The molecule has 1 aromatic heterocycles. The number of aromatic nitrogens is 1. The number of nitrogens with one attached hydrogen (secondary N) is 2. The van der Waals surface area contributed by atoms with Gasteiger partial charge in [0.25, 0.3) is 21.9 Å². The average Bonchev–Trinajstić information content (AvgIpc) is 3.67. The topological polar surface area (TPSA) is 141 Å². The Hall–Kier alpha value is -3.00. The normalized spacial score (nSPS) is 34.9. The number of likely N-dealkylation sites (tertiary alicyclic amines) is 1. The van der Waals surface area contributed by atoms with Gasteiger partial charge in [-0.2, -0.15) is 8.42 Å². The van der Waals surface area contributed by atoms with Gasteiger partial charge in [-0.05, 0) is 55.8 Å². The molecule has 0 bridgehead atoms. The molecule has 244 valence electrons. The van der Waals surface area contributed by atoms with Crippen LogP contribution >= 0.6 is 0 Å².